The summed E-state index contributed by atoms with van der Waals surface area (Å²) in [4.78, 5) is 26.0. The summed E-state index contributed by atoms with van der Waals surface area (Å²) in [6, 6.07) is 14.9. The van der Waals surface area contributed by atoms with E-state index in [9.17, 15) is 14.7 Å². The van der Waals surface area contributed by atoms with Crippen LogP contribution >= 0.6 is 0 Å². The summed E-state index contributed by atoms with van der Waals surface area (Å²) in [7, 11) is 1.63. The van der Waals surface area contributed by atoms with E-state index < -0.39 is 5.97 Å². The number of nitrogens with zero attached hydrogens (tertiary/aromatic N) is 1. The largest absolute Gasteiger partial charge is 0.497 e. The number of aryl methyl sites for hydroxylation is 1. The first kappa shape index (κ1) is 18.0. The van der Waals surface area contributed by atoms with Gasteiger partial charge in [-0.2, -0.15) is 0 Å². The molecule has 0 spiro atoms. The van der Waals surface area contributed by atoms with Gasteiger partial charge in [0.2, 0.25) is 5.91 Å². The maximum absolute atomic E-state index is 12.8. The van der Waals surface area contributed by atoms with Gasteiger partial charge in [0.25, 0.3) is 0 Å². The highest BCUT2D eigenvalue weighted by Gasteiger charge is 2.32. The predicted molar refractivity (Wildman–Crippen MR) is 98.3 cm³/mol. The van der Waals surface area contributed by atoms with Gasteiger partial charge in [-0.25, -0.2) is 4.79 Å². The molecule has 0 atom stereocenters. The van der Waals surface area contributed by atoms with E-state index in [1.165, 1.54) is 0 Å². The Morgan fingerprint density at radius 1 is 1.12 bits per heavy atom. The second-order valence-electron chi connectivity index (χ2n) is 6.56. The van der Waals surface area contributed by atoms with Crippen LogP contribution in [0, 0.1) is 0 Å². The van der Waals surface area contributed by atoms with Gasteiger partial charge in [-0.1, -0.05) is 30.3 Å². The zero-order valence-electron chi connectivity index (χ0n) is 14.9. The Morgan fingerprint density at radius 2 is 1.81 bits per heavy atom. The number of benzene rings is 2. The molecule has 5 heteroatoms. The Labute approximate surface area is 153 Å². The minimum Gasteiger partial charge on any atom is -0.497 e. The zero-order valence-corrected chi connectivity index (χ0v) is 14.9. The molecule has 0 bridgehead atoms. The first-order valence-corrected chi connectivity index (χ1v) is 8.82. The quantitative estimate of drug-likeness (QED) is 0.788. The highest BCUT2D eigenvalue weighted by atomic mass is 16.5. The highest BCUT2D eigenvalue weighted by molar-refractivity contribution is 5.89. The topological polar surface area (TPSA) is 66.8 Å². The van der Waals surface area contributed by atoms with Crippen molar-refractivity contribution < 1.29 is 19.4 Å². The molecule has 1 amide bonds. The van der Waals surface area contributed by atoms with Crippen molar-refractivity contribution in [2.45, 2.75) is 38.3 Å². The number of aromatic carboxylic acids is 1. The Balaban J connectivity index is 1.65. The Morgan fingerprint density at radius 3 is 2.42 bits per heavy atom. The van der Waals surface area contributed by atoms with Crippen LogP contribution in [0.25, 0.3) is 0 Å². The lowest BCUT2D eigenvalue weighted by molar-refractivity contribution is -0.132. The van der Waals surface area contributed by atoms with Gasteiger partial charge >= 0.3 is 5.97 Å². The van der Waals surface area contributed by atoms with E-state index in [2.05, 4.69) is 0 Å². The molecule has 136 valence electrons. The molecule has 1 fully saturated rings. The van der Waals surface area contributed by atoms with Crippen molar-refractivity contribution in [1.82, 2.24) is 4.90 Å². The molecule has 0 radical (unpaired) electrons. The molecule has 0 heterocycles. The molecule has 2 aromatic rings. The Hall–Kier alpha value is -2.82. The number of hydrogen-bond acceptors (Lipinski definition) is 3. The van der Waals surface area contributed by atoms with Gasteiger partial charge in [-0.05, 0) is 48.6 Å². The van der Waals surface area contributed by atoms with E-state index in [1.807, 2.05) is 35.2 Å². The van der Waals surface area contributed by atoms with Crippen molar-refractivity contribution in [3.63, 3.8) is 0 Å². The van der Waals surface area contributed by atoms with Crippen molar-refractivity contribution in [2.75, 3.05) is 7.11 Å². The van der Waals surface area contributed by atoms with Crippen molar-refractivity contribution in [1.29, 1.82) is 0 Å². The van der Waals surface area contributed by atoms with Crippen LogP contribution < -0.4 is 4.74 Å². The molecule has 5 nitrogen and oxygen atoms in total. The second kappa shape index (κ2) is 8.04. The van der Waals surface area contributed by atoms with E-state index >= 15 is 0 Å². The van der Waals surface area contributed by atoms with E-state index in [4.69, 9.17) is 4.74 Å². The first-order chi connectivity index (χ1) is 12.6. The Kier molecular flexibility index (Phi) is 5.56. The molecule has 0 saturated heterocycles. The van der Waals surface area contributed by atoms with Crippen molar-refractivity contribution in [2.24, 2.45) is 0 Å². The number of carboxylic acid groups (broad SMARTS) is 1. The Bertz CT molecular complexity index is 781. The number of hydrogen-bond donors (Lipinski definition) is 1. The smallest absolute Gasteiger partial charge is 0.335 e. The summed E-state index contributed by atoms with van der Waals surface area (Å²) >= 11 is 0. The summed E-state index contributed by atoms with van der Waals surface area (Å²) in [6.07, 6.45) is 2.82. The molecule has 1 aliphatic rings. The van der Waals surface area contributed by atoms with Crippen LogP contribution in [0.5, 0.6) is 5.75 Å². The summed E-state index contributed by atoms with van der Waals surface area (Å²) in [6.45, 7) is 0.577. The van der Waals surface area contributed by atoms with Crippen molar-refractivity contribution in [3.05, 3.63) is 65.2 Å². The normalized spacial score (nSPS) is 13.3. The van der Waals surface area contributed by atoms with Gasteiger partial charge in [0.05, 0.1) is 12.7 Å². The molecule has 1 saturated carbocycles. The second-order valence-corrected chi connectivity index (χ2v) is 6.56. The zero-order chi connectivity index (χ0) is 18.5. The average Bonchev–Trinajstić information content (AvgIpc) is 3.50. The number of amides is 1. The third kappa shape index (κ3) is 4.42. The number of carbonyl (C=O) groups is 2. The highest BCUT2D eigenvalue weighted by Crippen LogP contribution is 2.29. The minimum absolute atomic E-state index is 0.0727. The summed E-state index contributed by atoms with van der Waals surface area (Å²) in [5, 5.41) is 9.27. The van der Waals surface area contributed by atoms with Gasteiger partial charge in [0.1, 0.15) is 5.75 Å². The van der Waals surface area contributed by atoms with E-state index in [-0.39, 0.29) is 11.5 Å². The van der Waals surface area contributed by atoms with Crippen LogP contribution in [0.2, 0.25) is 0 Å². The van der Waals surface area contributed by atoms with Gasteiger partial charge in [0.15, 0.2) is 0 Å². The third-order valence-corrected chi connectivity index (χ3v) is 4.68. The van der Waals surface area contributed by atoms with Crippen LogP contribution in [0.15, 0.2) is 48.5 Å². The van der Waals surface area contributed by atoms with E-state index in [0.717, 1.165) is 24.2 Å². The fourth-order valence-electron chi connectivity index (χ4n) is 3.07. The third-order valence-electron chi connectivity index (χ3n) is 4.68. The molecular formula is C21H23NO4. The molecule has 0 unspecified atom stereocenters. The van der Waals surface area contributed by atoms with Crippen LogP contribution in [-0.2, 0) is 17.8 Å². The summed E-state index contributed by atoms with van der Waals surface area (Å²) in [5.41, 5.74) is 2.04. The molecular weight excluding hydrogens is 330 g/mol. The lowest BCUT2D eigenvalue weighted by Crippen LogP contribution is -2.32. The first-order valence-electron chi connectivity index (χ1n) is 8.82. The molecule has 0 aromatic heterocycles. The van der Waals surface area contributed by atoms with E-state index in [0.29, 0.717) is 31.0 Å². The molecule has 2 aromatic carbocycles. The average molecular weight is 353 g/mol. The van der Waals surface area contributed by atoms with Crippen LogP contribution in [0.3, 0.4) is 0 Å². The SMILES string of the molecule is COc1ccc(CN(C(=O)CCc2ccccc2C(=O)O)C2CC2)cc1. The summed E-state index contributed by atoms with van der Waals surface area (Å²) < 4.78 is 5.17. The molecule has 26 heavy (non-hydrogen) atoms. The lowest BCUT2D eigenvalue weighted by Gasteiger charge is -2.23. The number of rotatable bonds is 8. The van der Waals surface area contributed by atoms with Gasteiger partial charge in [-0.15, -0.1) is 0 Å². The number of methoxy groups -OCH3 is 1. The van der Waals surface area contributed by atoms with E-state index in [1.54, 1.807) is 25.3 Å². The van der Waals surface area contributed by atoms with Crippen LogP contribution in [-0.4, -0.2) is 35.0 Å². The maximum Gasteiger partial charge on any atom is 0.335 e. The molecule has 3 rings (SSSR count). The maximum atomic E-state index is 12.8. The molecule has 1 N–H and O–H groups in total. The monoisotopic (exact) mass is 353 g/mol. The van der Waals surface area contributed by atoms with Gasteiger partial charge < -0.3 is 14.7 Å². The summed E-state index contributed by atoms with van der Waals surface area (Å²) in [5.74, 6) is -0.0860. The van der Waals surface area contributed by atoms with Gasteiger partial charge in [0, 0.05) is 19.0 Å². The molecule has 0 aliphatic heterocycles. The lowest BCUT2D eigenvalue weighted by atomic mass is 10.0. The molecule has 1 aliphatic carbocycles. The minimum atomic E-state index is -0.953. The van der Waals surface area contributed by atoms with Crippen LogP contribution in [0.4, 0.5) is 0 Å². The number of ether oxygens (including phenoxy) is 1. The van der Waals surface area contributed by atoms with Gasteiger partial charge in [-0.3, -0.25) is 4.79 Å². The fraction of sp³-hybridized carbons (Fsp3) is 0.333. The van der Waals surface area contributed by atoms with Crippen molar-refractivity contribution >= 4 is 11.9 Å². The number of carbonyl (C=O) groups excluding carboxylic acids is 1. The fourth-order valence-corrected chi connectivity index (χ4v) is 3.07. The van der Waals surface area contributed by atoms with Crippen molar-refractivity contribution in [3.8, 4) is 5.75 Å². The number of carboxylic acids is 1. The predicted octanol–water partition coefficient (Wildman–Crippen LogP) is 3.52. The standard InChI is InChI=1S/C21H23NO4/c1-26-18-11-6-15(7-12-18)14-22(17-9-10-17)20(23)13-8-16-4-2-3-5-19(16)21(24)25/h2-7,11-12,17H,8-10,13-14H2,1H3,(H,24,25). The van der Waals surface area contributed by atoms with Crippen LogP contribution in [0.1, 0.15) is 40.7 Å².